The SMILES string of the molecule is O=C(COC(=O)Cc1ccc(Br)cc1)Nc1ccccc1C(F)(F)F. The lowest BCUT2D eigenvalue weighted by Gasteiger charge is -2.13. The zero-order valence-electron chi connectivity index (χ0n) is 12.8. The Morgan fingerprint density at radius 2 is 1.68 bits per heavy atom. The predicted molar refractivity (Wildman–Crippen MR) is 88.9 cm³/mol. The van der Waals surface area contributed by atoms with Crippen LogP contribution < -0.4 is 5.32 Å². The third-order valence-electron chi connectivity index (χ3n) is 3.13. The lowest BCUT2D eigenvalue weighted by molar-refractivity contribution is -0.146. The topological polar surface area (TPSA) is 55.4 Å². The zero-order valence-corrected chi connectivity index (χ0v) is 14.4. The molecule has 0 aromatic heterocycles. The Bertz CT molecular complexity index is 760. The predicted octanol–water partition coefficient (Wildman–Crippen LogP) is 4.19. The molecular formula is C17H13BrF3NO3. The lowest BCUT2D eigenvalue weighted by Crippen LogP contribution is -2.23. The summed E-state index contributed by atoms with van der Waals surface area (Å²) in [5, 5.41) is 2.10. The molecule has 0 saturated carbocycles. The Kier molecular flexibility index (Phi) is 6.19. The highest BCUT2D eigenvalue weighted by molar-refractivity contribution is 9.10. The number of hydrogen-bond acceptors (Lipinski definition) is 3. The number of hydrogen-bond donors (Lipinski definition) is 1. The number of ether oxygens (including phenoxy) is 1. The van der Waals surface area contributed by atoms with Crippen LogP contribution in [0.15, 0.2) is 53.0 Å². The number of halogens is 4. The van der Waals surface area contributed by atoms with Crippen molar-refractivity contribution in [3.8, 4) is 0 Å². The molecule has 0 atom stereocenters. The molecule has 0 aliphatic rings. The normalized spacial score (nSPS) is 11.0. The number of benzene rings is 2. The van der Waals surface area contributed by atoms with Crippen LogP contribution in [0.1, 0.15) is 11.1 Å². The number of esters is 1. The second-order valence-electron chi connectivity index (χ2n) is 5.06. The number of para-hydroxylation sites is 1. The van der Waals surface area contributed by atoms with Gasteiger partial charge in [-0.1, -0.05) is 40.2 Å². The Balaban J connectivity index is 1.89. The van der Waals surface area contributed by atoms with Crippen molar-refractivity contribution >= 4 is 33.5 Å². The van der Waals surface area contributed by atoms with Gasteiger partial charge in [-0.05, 0) is 29.8 Å². The highest BCUT2D eigenvalue weighted by Crippen LogP contribution is 2.34. The number of carbonyl (C=O) groups is 2. The van der Waals surface area contributed by atoms with Crippen molar-refractivity contribution in [2.24, 2.45) is 0 Å². The van der Waals surface area contributed by atoms with Crippen molar-refractivity contribution in [2.75, 3.05) is 11.9 Å². The molecule has 0 aliphatic heterocycles. The molecule has 0 spiro atoms. The van der Waals surface area contributed by atoms with E-state index in [0.29, 0.717) is 5.56 Å². The fourth-order valence-electron chi connectivity index (χ4n) is 1.99. The van der Waals surface area contributed by atoms with E-state index < -0.39 is 30.2 Å². The maximum Gasteiger partial charge on any atom is 0.418 e. The van der Waals surface area contributed by atoms with Gasteiger partial charge in [0.1, 0.15) is 0 Å². The zero-order chi connectivity index (χ0) is 18.4. The van der Waals surface area contributed by atoms with Gasteiger partial charge in [0.15, 0.2) is 6.61 Å². The average Bonchev–Trinajstić information content (AvgIpc) is 2.55. The van der Waals surface area contributed by atoms with Crippen LogP contribution in [0.5, 0.6) is 0 Å². The number of nitrogens with one attached hydrogen (secondary N) is 1. The molecule has 0 heterocycles. The van der Waals surface area contributed by atoms with Gasteiger partial charge in [-0.3, -0.25) is 9.59 Å². The minimum absolute atomic E-state index is 0.0420. The van der Waals surface area contributed by atoms with E-state index in [9.17, 15) is 22.8 Å². The van der Waals surface area contributed by atoms with Crippen LogP contribution >= 0.6 is 15.9 Å². The van der Waals surface area contributed by atoms with E-state index in [0.717, 1.165) is 16.6 Å². The van der Waals surface area contributed by atoms with E-state index in [4.69, 9.17) is 4.74 Å². The second kappa shape index (κ2) is 8.15. The van der Waals surface area contributed by atoms with Crippen molar-refractivity contribution in [3.05, 3.63) is 64.1 Å². The molecule has 2 aromatic rings. The molecule has 2 aromatic carbocycles. The van der Waals surface area contributed by atoms with Gasteiger partial charge in [0.25, 0.3) is 5.91 Å². The van der Waals surface area contributed by atoms with Crippen LogP contribution in [-0.4, -0.2) is 18.5 Å². The van der Waals surface area contributed by atoms with Crippen LogP contribution in [0, 0.1) is 0 Å². The summed E-state index contributed by atoms with van der Waals surface area (Å²) in [6, 6.07) is 11.5. The summed E-state index contributed by atoms with van der Waals surface area (Å²) in [4.78, 5) is 23.4. The summed E-state index contributed by atoms with van der Waals surface area (Å²) in [6.45, 7) is -0.665. The molecule has 0 aliphatic carbocycles. The fraction of sp³-hybridized carbons (Fsp3) is 0.176. The van der Waals surface area contributed by atoms with E-state index in [2.05, 4.69) is 21.2 Å². The first-order valence-electron chi connectivity index (χ1n) is 7.12. The summed E-state index contributed by atoms with van der Waals surface area (Å²) in [5.74, 6) is -1.50. The maximum atomic E-state index is 12.8. The Hall–Kier alpha value is -2.35. The largest absolute Gasteiger partial charge is 0.455 e. The summed E-state index contributed by atoms with van der Waals surface area (Å²) < 4.78 is 44.2. The van der Waals surface area contributed by atoms with E-state index in [-0.39, 0.29) is 12.1 Å². The summed E-state index contributed by atoms with van der Waals surface area (Å²) >= 11 is 3.26. The first-order chi connectivity index (χ1) is 11.8. The molecule has 0 bridgehead atoms. The van der Waals surface area contributed by atoms with Crippen molar-refractivity contribution in [1.29, 1.82) is 0 Å². The monoisotopic (exact) mass is 415 g/mol. The van der Waals surface area contributed by atoms with E-state index in [1.54, 1.807) is 24.3 Å². The molecule has 0 fully saturated rings. The van der Waals surface area contributed by atoms with Gasteiger partial charge < -0.3 is 10.1 Å². The molecule has 4 nitrogen and oxygen atoms in total. The highest BCUT2D eigenvalue weighted by Gasteiger charge is 2.33. The van der Waals surface area contributed by atoms with Gasteiger partial charge in [-0.2, -0.15) is 13.2 Å². The number of carbonyl (C=O) groups excluding carboxylic acids is 2. The molecule has 25 heavy (non-hydrogen) atoms. The lowest BCUT2D eigenvalue weighted by atomic mass is 10.1. The van der Waals surface area contributed by atoms with Gasteiger partial charge in [-0.25, -0.2) is 0 Å². The Labute approximate surface area is 150 Å². The second-order valence-corrected chi connectivity index (χ2v) is 5.97. The van der Waals surface area contributed by atoms with Gasteiger partial charge in [0, 0.05) is 4.47 Å². The van der Waals surface area contributed by atoms with Gasteiger partial charge in [0.2, 0.25) is 0 Å². The molecule has 0 unspecified atom stereocenters. The average molecular weight is 416 g/mol. The highest BCUT2D eigenvalue weighted by atomic mass is 79.9. The van der Waals surface area contributed by atoms with Crippen molar-refractivity contribution in [3.63, 3.8) is 0 Å². The Morgan fingerprint density at radius 3 is 2.32 bits per heavy atom. The molecule has 0 radical (unpaired) electrons. The third-order valence-corrected chi connectivity index (χ3v) is 3.66. The number of rotatable bonds is 5. The third kappa shape index (κ3) is 5.90. The first-order valence-corrected chi connectivity index (χ1v) is 7.91. The van der Waals surface area contributed by atoms with Crippen LogP contribution in [0.3, 0.4) is 0 Å². The minimum Gasteiger partial charge on any atom is -0.455 e. The number of alkyl halides is 3. The van der Waals surface area contributed by atoms with Crippen LogP contribution in [0.25, 0.3) is 0 Å². The molecule has 1 N–H and O–H groups in total. The standard InChI is InChI=1S/C17H13BrF3NO3/c18-12-7-5-11(6-8-12)9-16(24)25-10-15(23)22-14-4-2-1-3-13(14)17(19,20)21/h1-8H,9-10H2,(H,22,23). The summed E-state index contributed by atoms with van der Waals surface area (Å²) in [6.07, 6.45) is -4.64. The molecule has 8 heteroatoms. The first kappa shape index (κ1) is 19.0. The van der Waals surface area contributed by atoms with E-state index in [1.165, 1.54) is 12.1 Å². The molecule has 1 amide bonds. The smallest absolute Gasteiger partial charge is 0.418 e. The van der Waals surface area contributed by atoms with Gasteiger partial charge in [-0.15, -0.1) is 0 Å². The fourth-order valence-corrected chi connectivity index (χ4v) is 2.26. The van der Waals surface area contributed by atoms with Crippen LogP contribution in [0.4, 0.5) is 18.9 Å². The maximum absolute atomic E-state index is 12.8. The van der Waals surface area contributed by atoms with Crippen molar-refractivity contribution in [2.45, 2.75) is 12.6 Å². The van der Waals surface area contributed by atoms with E-state index >= 15 is 0 Å². The molecular weight excluding hydrogens is 403 g/mol. The van der Waals surface area contributed by atoms with Crippen LogP contribution in [0.2, 0.25) is 0 Å². The molecule has 132 valence electrons. The number of amides is 1. The summed E-state index contributed by atoms with van der Waals surface area (Å²) in [5.41, 5.74) is -0.662. The number of anilines is 1. The van der Waals surface area contributed by atoms with E-state index in [1.807, 2.05) is 0 Å². The van der Waals surface area contributed by atoms with Gasteiger partial charge in [0.05, 0.1) is 17.7 Å². The van der Waals surface area contributed by atoms with Crippen LogP contribution in [-0.2, 0) is 26.9 Å². The summed E-state index contributed by atoms with van der Waals surface area (Å²) in [7, 11) is 0. The Morgan fingerprint density at radius 1 is 1.04 bits per heavy atom. The molecule has 2 rings (SSSR count). The van der Waals surface area contributed by atoms with Crippen molar-refractivity contribution in [1.82, 2.24) is 0 Å². The van der Waals surface area contributed by atoms with Gasteiger partial charge >= 0.3 is 12.1 Å². The molecule has 0 saturated heterocycles. The van der Waals surface area contributed by atoms with Crippen molar-refractivity contribution < 1.29 is 27.5 Å². The minimum atomic E-state index is -4.60. The quantitative estimate of drug-likeness (QED) is 0.744.